The molecule has 1 N–H and O–H groups in total. The summed E-state index contributed by atoms with van der Waals surface area (Å²) in [5.74, 6) is 2.17. The summed E-state index contributed by atoms with van der Waals surface area (Å²) in [7, 11) is 3.36. The molecule has 0 aliphatic carbocycles. The molecule has 1 aliphatic heterocycles. The van der Waals surface area contributed by atoms with Crippen LogP contribution in [-0.4, -0.2) is 27.3 Å². The van der Waals surface area contributed by atoms with Crippen molar-refractivity contribution in [1.29, 1.82) is 0 Å². The minimum Gasteiger partial charge on any atom is -0.493 e. The minimum atomic E-state index is 0.515. The van der Waals surface area contributed by atoms with E-state index < -0.39 is 0 Å². The Morgan fingerprint density at radius 1 is 1.31 bits per heavy atom. The zero-order valence-corrected chi connectivity index (χ0v) is 11.1. The lowest BCUT2D eigenvalue weighted by atomic mass is 9.97. The van der Waals surface area contributed by atoms with Crippen molar-refractivity contribution >= 4 is 15.9 Å². The van der Waals surface area contributed by atoms with E-state index in [9.17, 15) is 0 Å². The van der Waals surface area contributed by atoms with Crippen molar-refractivity contribution in [2.45, 2.75) is 12.3 Å². The van der Waals surface area contributed by atoms with Crippen molar-refractivity contribution in [2.24, 2.45) is 0 Å². The highest BCUT2D eigenvalue weighted by molar-refractivity contribution is 9.10. The largest absolute Gasteiger partial charge is 0.493 e. The molecule has 0 spiro atoms. The van der Waals surface area contributed by atoms with Gasteiger partial charge in [-0.15, -0.1) is 0 Å². The maximum Gasteiger partial charge on any atom is 0.164 e. The Morgan fingerprint density at radius 3 is 2.69 bits per heavy atom. The molecule has 0 saturated carbocycles. The van der Waals surface area contributed by atoms with E-state index in [1.54, 1.807) is 14.2 Å². The number of ether oxygens (including phenoxy) is 2. The molecule has 1 atom stereocenters. The van der Waals surface area contributed by atoms with Gasteiger partial charge in [0.05, 0.1) is 14.2 Å². The van der Waals surface area contributed by atoms with Gasteiger partial charge in [0.25, 0.3) is 0 Å². The molecule has 1 aromatic rings. The van der Waals surface area contributed by atoms with Crippen LogP contribution in [0, 0.1) is 0 Å². The molecule has 4 heteroatoms. The van der Waals surface area contributed by atoms with Gasteiger partial charge >= 0.3 is 0 Å². The molecule has 16 heavy (non-hydrogen) atoms. The Morgan fingerprint density at radius 2 is 2.12 bits per heavy atom. The molecule has 2 rings (SSSR count). The molecule has 1 aromatic carbocycles. The Hall–Kier alpha value is -0.740. The highest BCUT2D eigenvalue weighted by atomic mass is 79.9. The van der Waals surface area contributed by atoms with Gasteiger partial charge in [-0.3, -0.25) is 0 Å². The summed E-state index contributed by atoms with van der Waals surface area (Å²) < 4.78 is 11.8. The number of hydrogen-bond donors (Lipinski definition) is 1. The van der Waals surface area contributed by atoms with Crippen molar-refractivity contribution in [1.82, 2.24) is 5.32 Å². The van der Waals surface area contributed by atoms with E-state index in [2.05, 4.69) is 27.3 Å². The number of rotatable bonds is 3. The first-order chi connectivity index (χ1) is 7.76. The summed E-state index contributed by atoms with van der Waals surface area (Å²) in [5, 5.41) is 3.37. The van der Waals surface area contributed by atoms with Crippen LogP contribution in [-0.2, 0) is 0 Å². The summed E-state index contributed by atoms with van der Waals surface area (Å²) in [4.78, 5) is 0. The predicted molar refractivity (Wildman–Crippen MR) is 67.5 cm³/mol. The third-order valence-corrected chi connectivity index (χ3v) is 3.43. The van der Waals surface area contributed by atoms with Crippen LogP contribution >= 0.6 is 15.9 Å². The fourth-order valence-electron chi connectivity index (χ4n) is 2.18. The molecule has 1 aliphatic rings. The Bertz CT molecular complexity index is 376. The summed E-state index contributed by atoms with van der Waals surface area (Å²) in [6, 6.07) is 4.06. The summed E-state index contributed by atoms with van der Waals surface area (Å²) in [6.45, 7) is 2.08. The molecule has 1 unspecified atom stereocenters. The van der Waals surface area contributed by atoms with Crippen molar-refractivity contribution in [3.05, 3.63) is 22.2 Å². The second-order valence-corrected chi connectivity index (χ2v) is 4.84. The third kappa shape index (κ3) is 2.18. The lowest BCUT2D eigenvalue weighted by Gasteiger charge is -2.17. The van der Waals surface area contributed by atoms with Gasteiger partial charge in [0, 0.05) is 22.5 Å². The lowest BCUT2D eigenvalue weighted by molar-refractivity contribution is 0.349. The number of halogens is 1. The van der Waals surface area contributed by atoms with E-state index in [-0.39, 0.29) is 0 Å². The van der Waals surface area contributed by atoms with E-state index in [4.69, 9.17) is 9.47 Å². The Kier molecular flexibility index (Phi) is 3.71. The average molecular weight is 286 g/mol. The van der Waals surface area contributed by atoms with Gasteiger partial charge in [0.2, 0.25) is 0 Å². The SMILES string of the molecule is COc1cc(Br)cc(C2CCNC2)c1OC. The molecule has 0 amide bonds. The standard InChI is InChI=1S/C12H16BrNO2/c1-15-11-6-9(13)5-10(12(11)16-2)8-3-4-14-7-8/h5-6,8,14H,3-4,7H2,1-2H3. The smallest absolute Gasteiger partial charge is 0.164 e. The van der Waals surface area contributed by atoms with Crippen LogP contribution in [0.2, 0.25) is 0 Å². The highest BCUT2D eigenvalue weighted by Crippen LogP contribution is 2.40. The molecule has 0 aromatic heterocycles. The van der Waals surface area contributed by atoms with E-state index in [0.717, 1.165) is 35.5 Å². The summed E-state index contributed by atoms with van der Waals surface area (Å²) >= 11 is 3.51. The van der Waals surface area contributed by atoms with Gasteiger partial charge < -0.3 is 14.8 Å². The minimum absolute atomic E-state index is 0.515. The Labute approximate surface area is 104 Å². The van der Waals surface area contributed by atoms with Crippen LogP contribution in [0.15, 0.2) is 16.6 Å². The fourth-order valence-corrected chi connectivity index (χ4v) is 2.64. The van der Waals surface area contributed by atoms with Crippen molar-refractivity contribution in [3.8, 4) is 11.5 Å². The second-order valence-electron chi connectivity index (χ2n) is 3.92. The van der Waals surface area contributed by atoms with Gasteiger partial charge in [-0.1, -0.05) is 15.9 Å². The zero-order chi connectivity index (χ0) is 11.5. The first-order valence-corrected chi connectivity index (χ1v) is 6.17. The topological polar surface area (TPSA) is 30.5 Å². The lowest BCUT2D eigenvalue weighted by Crippen LogP contribution is -2.09. The van der Waals surface area contributed by atoms with Crippen LogP contribution < -0.4 is 14.8 Å². The predicted octanol–water partition coefficient (Wildman–Crippen LogP) is 2.54. The van der Waals surface area contributed by atoms with E-state index >= 15 is 0 Å². The monoisotopic (exact) mass is 285 g/mol. The van der Waals surface area contributed by atoms with Gasteiger partial charge in [-0.25, -0.2) is 0 Å². The first-order valence-electron chi connectivity index (χ1n) is 5.38. The molecular weight excluding hydrogens is 270 g/mol. The maximum atomic E-state index is 5.46. The van der Waals surface area contributed by atoms with Crippen LogP contribution in [0.25, 0.3) is 0 Å². The second kappa shape index (κ2) is 5.06. The van der Waals surface area contributed by atoms with E-state index in [0.29, 0.717) is 5.92 Å². The number of hydrogen-bond acceptors (Lipinski definition) is 3. The number of nitrogens with one attached hydrogen (secondary N) is 1. The van der Waals surface area contributed by atoms with Gasteiger partial charge in [-0.2, -0.15) is 0 Å². The molecule has 1 saturated heterocycles. The molecule has 3 nitrogen and oxygen atoms in total. The van der Waals surface area contributed by atoms with Crippen LogP contribution in [0.5, 0.6) is 11.5 Å². The fraction of sp³-hybridized carbons (Fsp3) is 0.500. The number of methoxy groups -OCH3 is 2. The summed E-state index contributed by atoms with van der Waals surface area (Å²) in [6.07, 6.45) is 1.15. The third-order valence-electron chi connectivity index (χ3n) is 2.97. The quantitative estimate of drug-likeness (QED) is 0.926. The van der Waals surface area contributed by atoms with Gasteiger partial charge in [0.15, 0.2) is 11.5 Å². The molecule has 0 radical (unpaired) electrons. The highest BCUT2D eigenvalue weighted by Gasteiger charge is 2.23. The van der Waals surface area contributed by atoms with Crippen molar-refractivity contribution in [2.75, 3.05) is 27.3 Å². The van der Waals surface area contributed by atoms with E-state index in [1.165, 1.54) is 5.56 Å². The van der Waals surface area contributed by atoms with Gasteiger partial charge in [0.1, 0.15) is 0 Å². The van der Waals surface area contributed by atoms with Crippen LogP contribution in [0.3, 0.4) is 0 Å². The molecule has 1 fully saturated rings. The van der Waals surface area contributed by atoms with Crippen molar-refractivity contribution in [3.63, 3.8) is 0 Å². The maximum absolute atomic E-state index is 5.46. The van der Waals surface area contributed by atoms with Crippen LogP contribution in [0.4, 0.5) is 0 Å². The normalized spacial score (nSPS) is 19.8. The zero-order valence-electron chi connectivity index (χ0n) is 9.55. The molecule has 0 bridgehead atoms. The molecule has 88 valence electrons. The van der Waals surface area contributed by atoms with Crippen LogP contribution in [0.1, 0.15) is 17.9 Å². The van der Waals surface area contributed by atoms with Gasteiger partial charge in [-0.05, 0) is 25.1 Å². The molecular formula is C12H16BrNO2. The summed E-state index contributed by atoms with van der Waals surface area (Å²) in [5.41, 5.74) is 1.22. The van der Waals surface area contributed by atoms with Crippen molar-refractivity contribution < 1.29 is 9.47 Å². The first kappa shape index (κ1) is 11.7. The number of benzene rings is 1. The average Bonchev–Trinajstić information content (AvgIpc) is 2.81. The van der Waals surface area contributed by atoms with E-state index in [1.807, 2.05) is 6.07 Å². The molecule has 1 heterocycles. The Balaban J connectivity index is 2.44.